The molecule has 0 N–H and O–H groups in total. The van der Waals surface area contributed by atoms with Gasteiger partial charge in [0.15, 0.2) is 0 Å². The van der Waals surface area contributed by atoms with Crippen molar-refractivity contribution in [2.75, 3.05) is 0 Å². The Morgan fingerprint density at radius 1 is 0.462 bits per heavy atom. The molecule has 0 amide bonds. The van der Waals surface area contributed by atoms with Crippen molar-refractivity contribution >= 4 is 106 Å². The minimum Gasteiger partial charge on any atom is -0.414 e. The van der Waals surface area contributed by atoms with Crippen molar-refractivity contribution in [3.63, 3.8) is 0 Å². The summed E-state index contributed by atoms with van der Waals surface area (Å²) < 4.78 is 84.2. The van der Waals surface area contributed by atoms with Crippen molar-refractivity contribution in [2.45, 2.75) is 0 Å². The van der Waals surface area contributed by atoms with E-state index in [0.717, 1.165) is 0 Å². The van der Waals surface area contributed by atoms with Gasteiger partial charge in [-0.1, -0.05) is 0 Å². The smallest absolute Gasteiger partial charge is 0.414 e. The third kappa shape index (κ3) is 4.74. The molecule has 5 rings (SSSR count). The Labute approximate surface area is 167 Å². The van der Waals surface area contributed by atoms with Crippen LogP contribution in [0.4, 0.5) is 0 Å². The molecule has 0 saturated carbocycles. The van der Waals surface area contributed by atoms with Crippen molar-refractivity contribution in [1.29, 1.82) is 0 Å². The van der Waals surface area contributed by atoms with Crippen LogP contribution in [0.5, 0.6) is 0 Å². The zero-order valence-corrected chi connectivity index (χ0v) is 22.6. The van der Waals surface area contributed by atoms with Crippen LogP contribution in [0.3, 0.4) is 0 Å². The van der Waals surface area contributed by atoms with Crippen LogP contribution in [0.1, 0.15) is 0 Å². The standard InChI is InChI=1S/O15Si11/c16-1-18-4-21-6-19-2-17-3-20-7-22(5-18)11-26-14-24(9-20)12-23(8-19)13-25(10-21)15-26. The molecular formula is O15Si11. The molecule has 26 heteroatoms. The molecule has 0 aromatic heterocycles. The summed E-state index contributed by atoms with van der Waals surface area (Å²) in [6.07, 6.45) is 0. The minimum absolute atomic E-state index is 0.483. The second-order valence-corrected chi connectivity index (χ2v) is 20.8. The summed E-state index contributed by atoms with van der Waals surface area (Å²) in [5.41, 5.74) is 0. The Balaban J connectivity index is 1.53. The van der Waals surface area contributed by atoms with Crippen LogP contribution in [0.2, 0.25) is 0 Å². The van der Waals surface area contributed by atoms with Crippen LogP contribution in [-0.4, -0.2) is 106 Å². The van der Waals surface area contributed by atoms with Gasteiger partial charge in [-0.3, -0.25) is 0 Å². The van der Waals surface area contributed by atoms with Gasteiger partial charge in [0, 0.05) is 0 Å². The summed E-state index contributed by atoms with van der Waals surface area (Å²) >= 11 is 0. The zero-order valence-electron chi connectivity index (χ0n) is 11.6. The average Bonchev–Trinajstić information content (AvgIpc) is 2.55. The van der Waals surface area contributed by atoms with E-state index in [4.69, 9.17) is 61.7 Å². The largest absolute Gasteiger partial charge is 0.553 e. The Kier molecular flexibility index (Phi) is 6.74. The maximum Gasteiger partial charge on any atom is 0.553 e. The van der Waals surface area contributed by atoms with Crippen molar-refractivity contribution in [1.82, 2.24) is 0 Å². The molecule has 5 saturated heterocycles. The average molecular weight is 549 g/mol. The number of rotatable bonds is 1. The summed E-state index contributed by atoms with van der Waals surface area (Å²) in [6, 6.07) is 0. The molecule has 0 atom stereocenters. The first-order chi connectivity index (χ1) is 12.7. The van der Waals surface area contributed by atoms with Crippen molar-refractivity contribution in [3.05, 3.63) is 0 Å². The highest BCUT2D eigenvalue weighted by molar-refractivity contribution is 6.80. The topological polar surface area (TPSA) is 138 Å². The minimum atomic E-state index is -2.46. The molecule has 14 radical (unpaired) electrons. The third-order valence-electron chi connectivity index (χ3n) is 2.33. The van der Waals surface area contributed by atoms with Crippen LogP contribution >= 0.6 is 0 Å². The van der Waals surface area contributed by atoms with Crippen molar-refractivity contribution < 1.29 is 61.7 Å². The highest BCUT2D eigenvalue weighted by Crippen LogP contribution is 2.22. The molecule has 5 heterocycles. The Hall–Kier alpha value is 1.79. The predicted molar refractivity (Wildman–Crippen MR) is 79.6 cm³/mol. The summed E-state index contributed by atoms with van der Waals surface area (Å²) in [5.74, 6) is 0. The van der Waals surface area contributed by atoms with Gasteiger partial charge >= 0.3 is 95.8 Å². The molecule has 5 fully saturated rings. The monoisotopic (exact) mass is 548 g/mol. The highest BCUT2D eigenvalue weighted by Gasteiger charge is 2.57. The van der Waals surface area contributed by atoms with Crippen LogP contribution in [-0.2, 0) is 61.7 Å². The predicted octanol–water partition coefficient (Wildman–Crippen LogP) is -5.21. The first-order valence-electron chi connectivity index (χ1n) is 6.12. The van der Waals surface area contributed by atoms with Gasteiger partial charge in [-0.05, 0) is 0 Å². The molecule has 0 aliphatic carbocycles. The van der Waals surface area contributed by atoms with E-state index in [1.807, 2.05) is 0 Å². The zero-order chi connectivity index (χ0) is 17.5. The summed E-state index contributed by atoms with van der Waals surface area (Å²) in [6.45, 7) is 0. The maximum absolute atomic E-state index is 5.71. The first-order valence-corrected chi connectivity index (χ1v) is 18.4. The fourth-order valence-electron chi connectivity index (χ4n) is 1.47. The van der Waals surface area contributed by atoms with E-state index in [0.29, 0.717) is 0 Å². The van der Waals surface area contributed by atoms with Crippen molar-refractivity contribution in [3.8, 4) is 0 Å². The molecular weight excluding hydrogens is 549 g/mol. The second kappa shape index (κ2) is 8.88. The molecule has 5 aliphatic rings. The molecule has 0 aromatic carbocycles. The van der Waals surface area contributed by atoms with Crippen LogP contribution in [0, 0.1) is 0 Å². The van der Waals surface area contributed by atoms with Gasteiger partial charge in [-0.25, -0.2) is 0 Å². The van der Waals surface area contributed by atoms with Crippen LogP contribution in [0.15, 0.2) is 0 Å². The number of hydrogen-bond donors (Lipinski definition) is 0. The van der Waals surface area contributed by atoms with E-state index in [2.05, 4.69) is 10.5 Å². The fraction of sp³-hybridized carbons (Fsp3) is 0. The second-order valence-electron chi connectivity index (χ2n) is 3.86. The third-order valence-corrected chi connectivity index (χ3v) is 21.0. The molecule has 0 aromatic rings. The Morgan fingerprint density at radius 3 is 1.12 bits per heavy atom. The van der Waals surface area contributed by atoms with Gasteiger partial charge in [0.05, 0.1) is 0 Å². The molecule has 5 aliphatic heterocycles. The van der Waals surface area contributed by atoms with Crippen molar-refractivity contribution in [2.24, 2.45) is 0 Å². The van der Waals surface area contributed by atoms with E-state index in [-0.39, 0.29) is 0 Å². The molecule has 8 bridgehead atoms. The highest BCUT2D eigenvalue weighted by atomic mass is 28.6. The van der Waals surface area contributed by atoms with Crippen LogP contribution in [0.25, 0.3) is 0 Å². The van der Waals surface area contributed by atoms with Gasteiger partial charge in [-0.15, -0.1) is 0 Å². The molecule has 0 unspecified atom stereocenters. The molecule has 134 valence electrons. The van der Waals surface area contributed by atoms with Crippen LogP contribution < -0.4 is 0 Å². The fourth-order valence-corrected chi connectivity index (χ4v) is 23.7. The number of hydrogen-bond acceptors (Lipinski definition) is 15. The molecule has 0 spiro atoms. The van der Waals surface area contributed by atoms with Gasteiger partial charge in [-0.2, -0.15) is 0 Å². The van der Waals surface area contributed by atoms with Gasteiger partial charge < -0.3 is 61.7 Å². The SMILES string of the molecule is [Si]O[Si]1O[Si]2O[Si]3O[Si]O[Si]4O[Si](O1)O[Si]1O[Si](O4)O[Si](O3)O[Si](O2)O1. The molecule has 15 nitrogen and oxygen atoms in total. The first kappa shape index (κ1) is 19.7. The molecule has 26 heavy (non-hydrogen) atoms. The van der Waals surface area contributed by atoms with Gasteiger partial charge in [0.2, 0.25) is 10.5 Å². The van der Waals surface area contributed by atoms with E-state index in [1.165, 1.54) is 0 Å². The lowest BCUT2D eigenvalue weighted by Crippen LogP contribution is -2.64. The lowest BCUT2D eigenvalue weighted by atomic mass is 15.5. The summed E-state index contributed by atoms with van der Waals surface area (Å²) in [5, 5.41) is 0. The van der Waals surface area contributed by atoms with E-state index in [1.54, 1.807) is 0 Å². The Bertz CT molecular complexity index is 454. The van der Waals surface area contributed by atoms with E-state index in [9.17, 15) is 0 Å². The van der Waals surface area contributed by atoms with E-state index >= 15 is 0 Å². The van der Waals surface area contributed by atoms with E-state index < -0.39 is 95.8 Å². The lowest BCUT2D eigenvalue weighted by Gasteiger charge is -2.37. The quantitative estimate of drug-likeness (QED) is 0.288. The number of fused-ring (bicyclic) bond motifs is 4. The summed E-state index contributed by atoms with van der Waals surface area (Å²) in [7, 11) is -19.2. The summed E-state index contributed by atoms with van der Waals surface area (Å²) in [4.78, 5) is 0. The maximum atomic E-state index is 5.71. The van der Waals surface area contributed by atoms with Gasteiger partial charge in [0.25, 0.3) is 0 Å². The Morgan fingerprint density at radius 2 is 0.769 bits per heavy atom. The lowest BCUT2D eigenvalue weighted by molar-refractivity contribution is 0.0656. The normalized spacial score (nSPS) is 33.1. The van der Waals surface area contributed by atoms with Gasteiger partial charge in [0.1, 0.15) is 0 Å².